The van der Waals surface area contributed by atoms with Gasteiger partial charge in [-0.1, -0.05) is 0 Å². The fraction of sp³-hybridized carbons (Fsp3) is 0.467. The van der Waals surface area contributed by atoms with E-state index in [2.05, 4.69) is 24.0 Å². The van der Waals surface area contributed by atoms with Gasteiger partial charge in [-0.05, 0) is 50.6 Å². The van der Waals surface area contributed by atoms with Crippen LogP contribution in [0.15, 0.2) is 34.9 Å². The van der Waals surface area contributed by atoms with E-state index in [9.17, 15) is 0 Å². The number of aryl methyl sites for hydroxylation is 1. The van der Waals surface area contributed by atoms with Crippen molar-refractivity contribution < 1.29 is 9.52 Å². The van der Waals surface area contributed by atoms with Gasteiger partial charge in [0.2, 0.25) is 0 Å². The Labute approximate surface area is 118 Å². The number of aliphatic hydroxyl groups is 1. The summed E-state index contributed by atoms with van der Waals surface area (Å²) >= 11 is 1.85. The van der Waals surface area contributed by atoms with Crippen LogP contribution in [0.2, 0.25) is 0 Å². The maximum atomic E-state index is 8.89. The first-order valence-electron chi connectivity index (χ1n) is 6.69. The van der Waals surface area contributed by atoms with Crippen LogP contribution in [-0.2, 0) is 13.1 Å². The molecule has 3 nitrogen and oxygen atoms in total. The maximum Gasteiger partial charge on any atom is 0.117 e. The molecule has 0 unspecified atom stereocenters. The minimum absolute atomic E-state index is 0.271. The van der Waals surface area contributed by atoms with Crippen molar-refractivity contribution >= 4 is 11.3 Å². The summed E-state index contributed by atoms with van der Waals surface area (Å²) in [6.07, 6.45) is 3.59. The zero-order valence-corrected chi connectivity index (χ0v) is 12.2. The molecule has 0 aromatic carbocycles. The first kappa shape index (κ1) is 14.3. The molecule has 0 fully saturated rings. The van der Waals surface area contributed by atoms with E-state index >= 15 is 0 Å². The van der Waals surface area contributed by atoms with Gasteiger partial charge >= 0.3 is 0 Å². The number of hydrogen-bond acceptors (Lipinski definition) is 4. The van der Waals surface area contributed by atoms with Crippen molar-refractivity contribution in [3.05, 3.63) is 46.0 Å². The number of thiophene rings is 1. The Kier molecular flexibility index (Phi) is 5.63. The van der Waals surface area contributed by atoms with E-state index in [1.807, 2.05) is 23.5 Å². The van der Waals surface area contributed by atoms with Crippen LogP contribution < -0.4 is 0 Å². The van der Waals surface area contributed by atoms with Crippen molar-refractivity contribution in [2.75, 3.05) is 13.2 Å². The monoisotopic (exact) mass is 279 g/mol. The lowest BCUT2D eigenvalue weighted by Crippen LogP contribution is -2.23. The standard InChI is InChI=1S/C15H21NO2S/c1-13-6-7-15(19-13)12-16(8-2-3-9-17)11-14-5-4-10-18-14/h4-7,10,17H,2-3,8-9,11-12H2,1H3. The summed E-state index contributed by atoms with van der Waals surface area (Å²) in [5.74, 6) is 0.997. The lowest BCUT2D eigenvalue weighted by Gasteiger charge is -2.20. The zero-order valence-electron chi connectivity index (χ0n) is 11.3. The average molecular weight is 279 g/mol. The highest BCUT2D eigenvalue weighted by atomic mass is 32.1. The molecule has 0 saturated heterocycles. The molecule has 0 aliphatic heterocycles. The topological polar surface area (TPSA) is 36.6 Å². The Bertz CT molecular complexity index is 464. The lowest BCUT2D eigenvalue weighted by molar-refractivity contribution is 0.218. The average Bonchev–Trinajstić information content (AvgIpc) is 3.02. The van der Waals surface area contributed by atoms with Crippen molar-refractivity contribution in [1.82, 2.24) is 4.90 Å². The molecular weight excluding hydrogens is 258 g/mol. The fourth-order valence-electron chi connectivity index (χ4n) is 2.07. The van der Waals surface area contributed by atoms with Crippen LogP contribution in [0, 0.1) is 6.92 Å². The van der Waals surface area contributed by atoms with Gasteiger partial charge in [-0.2, -0.15) is 0 Å². The molecular formula is C15H21NO2S. The highest BCUT2D eigenvalue weighted by Gasteiger charge is 2.09. The first-order valence-corrected chi connectivity index (χ1v) is 7.50. The highest BCUT2D eigenvalue weighted by molar-refractivity contribution is 7.11. The molecule has 0 aliphatic rings. The Morgan fingerprint density at radius 3 is 2.74 bits per heavy atom. The third kappa shape index (κ3) is 4.82. The Balaban J connectivity index is 1.92. The smallest absolute Gasteiger partial charge is 0.117 e. The van der Waals surface area contributed by atoms with E-state index < -0.39 is 0 Å². The van der Waals surface area contributed by atoms with E-state index in [1.54, 1.807) is 6.26 Å². The fourth-order valence-corrected chi connectivity index (χ4v) is 3.01. The predicted octanol–water partition coefficient (Wildman–Crippen LogP) is 3.42. The molecule has 4 heteroatoms. The number of nitrogens with zero attached hydrogens (tertiary/aromatic N) is 1. The number of aliphatic hydroxyl groups excluding tert-OH is 1. The van der Waals surface area contributed by atoms with Crippen molar-refractivity contribution in [2.24, 2.45) is 0 Å². The molecule has 2 heterocycles. The molecule has 0 spiro atoms. The summed E-state index contributed by atoms with van der Waals surface area (Å²) in [4.78, 5) is 5.11. The van der Waals surface area contributed by atoms with Gasteiger partial charge in [-0.25, -0.2) is 0 Å². The molecule has 0 amide bonds. The lowest BCUT2D eigenvalue weighted by atomic mass is 10.2. The van der Waals surface area contributed by atoms with Crippen LogP contribution in [-0.4, -0.2) is 23.2 Å². The minimum atomic E-state index is 0.271. The second-order valence-electron chi connectivity index (χ2n) is 4.73. The van der Waals surface area contributed by atoms with Gasteiger partial charge in [-0.15, -0.1) is 11.3 Å². The van der Waals surface area contributed by atoms with Crippen LogP contribution in [0.25, 0.3) is 0 Å². The largest absolute Gasteiger partial charge is 0.468 e. The maximum absolute atomic E-state index is 8.89. The summed E-state index contributed by atoms with van der Waals surface area (Å²) < 4.78 is 5.43. The third-order valence-electron chi connectivity index (χ3n) is 3.02. The Morgan fingerprint density at radius 1 is 1.21 bits per heavy atom. The predicted molar refractivity (Wildman–Crippen MR) is 78.2 cm³/mol. The molecule has 19 heavy (non-hydrogen) atoms. The van der Waals surface area contributed by atoms with E-state index in [-0.39, 0.29) is 6.61 Å². The quantitative estimate of drug-likeness (QED) is 0.752. The summed E-state index contributed by atoms with van der Waals surface area (Å²) in [6.45, 7) is 5.17. The van der Waals surface area contributed by atoms with Gasteiger partial charge in [-0.3, -0.25) is 4.90 Å². The Morgan fingerprint density at radius 2 is 2.11 bits per heavy atom. The molecule has 0 radical (unpaired) electrons. The van der Waals surface area contributed by atoms with E-state index in [4.69, 9.17) is 9.52 Å². The third-order valence-corrected chi connectivity index (χ3v) is 4.00. The molecule has 0 atom stereocenters. The highest BCUT2D eigenvalue weighted by Crippen LogP contribution is 2.19. The normalized spacial score (nSPS) is 11.3. The van der Waals surface area contributed by atoms with E-state index in [0.29, 0.717) is 0 Å². The molecule has 0 saturated carbocycles. The minimum Gasteiger partial charge on any atom is -0.468 e. The van der Waals surface area contributed by atoms with Crippen LogP contribution in [0.5, 0.6) is 0 Å². The van der Waals surface area contributed by atoms with Crippen LogP contribution >= 0.6 is 11.3 Å². The van der Waals surface area contributed by atoms with Crippen molar-refractivity contribution in [1.29, 1.82) is 0 Å². The molecule has 0 aliphatic carbocycles. The molecule has 0 bridgehead atoms. The van der Waals surface area contributed by atoms with Gasteiger partial charge in [0.05, 0.1) is 12.8 Å². The second kappa shape index (κ2) is 7.48. The van der Waals surface area contributed by atoms with E-state index in [0.717, 1.165) is 38.2 Å². The Hall–Kier alpha value is -1.10. The summed E-state index contributed by atoms with van der Waals surface area (Å²) in [6, 6.07) is 8.30. The van der Waals surface area contributed by atoms with Gasteiger partial charge in [0.25, 0.3) is 0 Å². The van der Waals surface area contributed by atoms with Crippen molar-refractivity contribution in [2.45, 2.75) is 32.9 Å². The zero-order chi connectivity index (χ0) is 13.5. The van der Waals surface area contributed by atoms with Gasteiger partial charge in [0.1, 0.15) is 5.76 Å². The van der Waals surface area contributed by atoms with Crippen molar-refractivity contribution in [3.8, 4) is 0 Å². The number of rotatable bonds is 8. The van der Waals surface area contributed by atoms with Crippen molar-refractivity contribution in [3.63, 3.8) is 0 Å². The van der Waals surface area contributed by atoms with Gasteiger partial charge < -0.3 is 9.52 Å². The number of unbranched alkanes of at least 4 members (excludes halogenated alkanes) is 1. The van der Waals surface area contributed by atoms with E-state index in [1.165, 1.54) is 9.75 Å². The molecule has 2 aromatic heterocycles. The molecule has 104 valence electrons. The van der Waals surface area contributed by atoms with Crippen LogP contribution in [0.3, 0.4) is 0 Å². The molecule has 2 rings (SSSR count). The van der Waals surface area contributed by atoms with Gasteiger partial charge in [0, 0.05) is 22.9 Å². The summed E-state index contributed by atoms with van der Waals surface area (Å²) in [7, 11) is 0. The second-order valence-corrected chi connectivity index (χ2v) is 6.11. The van der Waals surface area contributed by atoms with Gasteiger partial charge in [0.15, 0.2) is 0 Å². The molecule has 2 aromatic rings. The molecule has 1 N–H and O–H groups in total. The van der Waals surface area contributed by atoms with Crippen LogP contribution in [0.1, 0.15) is 28.4 Å². The summed E-state index contributed by atoms with van der Waals surface area (Å²) in [5, 5.41) is 8.89. The number of hydrogen-bond donors (Lipinski definition) is 1. The SMILES string of the molecule is Cc1ccc(CN(CCCCO)Cc2ccco2)s1. The summed E-state index contributed by atoms with van der Waals surface area (Å²) in [5.41, 5.74) is 0. The number of furan rings is 1. The first-order chi connectivity index (χ1) is 9.28. The van der Waals surface area contributed by atoms with Crippen LogP contribution in [0.4, 0.5) is 0 Å².